The molecule has 0 aromatic rings. The predicted octanol–water partition coefficient (Wildman–Crippen LogP) is 4.84. The summed E-state index contributed by atoms with van der Waals surface area (Å²) in [7, 11) is 0. The molecule has 144 valence electrons. The molecule has 1 saturated heterocycles. The summed E-state index contributed by atoms with van der Waals surface area (Å²) in [6, 6.07) is 0.456. The van der Waals surface area contributed by atoms with Crippen molar-refractivity contribution in [2.75, 3.05) is 6.61 Å². The highest BCUT2D eigenvalue weighted by Gasteiger charge is 2.38. The Morgan fingerprint density at radius 2 is 1.76 bits per heavy atom. The van der Waals surface area contributed by atoms with Crippen molar-refractivity contribution in [3.05, 3.63) is 12.2 Å². The lowest BCUT2D eigenvalue weighted by atomic mass is 10.1. The Morgan fingerprint density at radius 1 is 1.12 bits per heavy atom. The van der Waals surface area contributed by atoms with Crippen LogP contribution >= 0.6 is 0 Å². The SMILES string of the molecule is CCCC[C@@H]1CC[C@H](CC/C=C/C(=O)OCC)N1C(=O)OC(C)(C)C. The quantitative estimate of drug-likeness (QED) is 0.462. The summed E-state index contributed by atoms with van der Waals surface area (Å²) in [5, 5.41) is 0. The molecule has 0 radical (unpaired) electrons. The lowest BCUT2D eigenvalue weighted by Crippen LogP contribution is -2.44. The minimum Gasteiger partial charge on any atom is -0.463 e. The van der Waals surface area contributed by atoms with Gasteiger partial charge in [0.05, 0.1) is 6.61 Å². The molecular formula is C20H35NO4. The Labute approximate surface area is 152 Å². The lowest BCUT2D eigenvalue weighted by molar-refractivity contribution is -0.137. The van der Waals surface area contributed by atoms with Gasteiger partial charge >= 0.3 is 12.1 Å². The molecule has 0 unspecified atom stereocenters. The zero-order valence-electron chi connectivity index (χ0n) is 16.5. The molecule has 0 aromatic carbocycles. The van der Waals surface area contributed by atoms with Crippen LogP contribution in [0.15, 0.2) is 12.2 Å². The van der Waals surface area contributed by atoms with Gasteiger partial charge in [-0.2, -0.15) is 0 Å². The monoisotopic (exact) mass is 353 g/mol. The van der Waals surface area contributed by atoms with E-state index in [9.17, 15) is 9.59 Å². The van der Waals surface area contributed by atoms with E-state index in [-0.39, 0.29) is 24.1 Å². The number of unbranched alkanes of at least 4 members (excludes halogenated alkanes) is 1. The number of carbonyl (C=O) groups is 2. The van der Waals surface area contributed by atoms with Gasteiger partial charge in [-0.1, -0.05) is 25.8 Å². The van der Waals surface area contributed by atoms with Crippen LogP contribution in [0.5, 0.6) is 0 Å². The second-order valence-corrected chi connectivity index (χ2v) is 7.65. The van der Waals surface area contributed by atoms with Crippen molar-refractivity contribution in [3.8, 4) is 0 Å². The van der Waals surface area contributed by atoms with E-state index in [1.807, 2.05) is 31.7 Å². The fourth-order valence-corrected chi connectivity index (χ4v) is 3.24. The van der Waals surface area contributed by atoms with E-state index < -0.39 is 5.60 Å². The van der Waals surface area contributed by atoms with E-state index in [1.54, 1.807) is 6.92 Å². The fourth-order valence-electron chi connectivity index (χ4n) is 3.24. The van der Waals surface area contributed by atoms with Gasteiger partial charge in [-0.25, -0.2) is 9.59 Å². The first-order valence-electron chi connectivity index (χ1n) is 9.63. The van der Waals surface area contributed by atoms with Crippen molar-refractivity contribution in [3.63, 3.8) is 0 Å². The maximum atomic E-state index is 12.7. The van der Waals surface area contributed by atoms with Crippen LogP contribution in [0.25, 0.3) is 0 Å². The second-order valence-electron chi connectivity index (χ2n) is 7.65. The summed E-state index contributed by atoms with van der Waals surface area (Å²) < 4.78 is 10.5. The number of esters is 1. The summed E-state index contributed by atoms with van der Waals surface area (Å²) in [5.74, 6) is -0.307. The number of amides is 1. The van der Waals surface area contributed by atoms with Crippen molar-refractivity contribution in [1.29, 1.82) is 0 Å². The van der Waals surface area contributed by atoms with Gasteiger partial charge in [0.25, 0.3) is 0 Å². The van der Waals surface area contributed by atoms with E-state index in [0.717, 1.165) is 44.9 Å². The molecule has 1 rings (SSSR count). The van der Waals surface area contributed by atoms with Crippen molar-refractivity contribution in [2.24, 2.45) is 0 Å². The molecule has 1 amide bonds. The Morgan fingerprint density at radius 3 is 2.32 bits per heavy atom. The minimum atomic E-state index is -0.483. The maximum absolute atomic E-state index is 12.7. The number of allylic oxidation sites excluding steroid dienone is 1. The van der Waals surface area contributed by atoms with Crippen molar-refractivity contribution in [1.82, 2.24) is 4.90 Å². The minimum absolute atomic E-state index is 0.184. The number of hydrogen-bond acceptors (Lipinski definition) is 4. The van der Waals surface area contributed by atoms with E-state index in [1.165, 1.54) is 6.08 Å². The molecular weight excluding hydrogens is 318 g/mol. The molecule has 1 aliphatic heterocycles. The van der Waals surface area contributed by atoms with E-state index >= 15 is 0 Å². The van der Waals surface area contributed by atoms with Gasteiger partial charge in [0, 0.05) is 18.2 Å². The molecule has 0 bridgehead atoms. The summed E-state index contributed by atoms with van der Waals surface area (Å²) in [6.07, 6.45) is 10.0. The van der Waals surface area contributed by atoms with Crippen molar-refractivity contribution in [2.45, 2.75) is 97.2 Å². The third-order valence-electron chi connectivity index (χ3n) is 4.32. The van der Waals surface area contributed by atoms with Crippen LogP contribution in [-0.4, -0.2) is 41.3 Å². The first kappa shape index (κ1) is 21.5. The molecule has 0 saturated carbocycles. The lowest BCUT2D eigenvalue weighted by Gasteiger charge is -2.32. The average Bonchev–Trinajstić information content (AvgIpc) is 2.91. The molecule has 0 aliphatic carbocycles. The summed E-state index contributed by atoms with van der Waals surface area (Å²) in [4.78, 5) is 26.0. The predicted molar refractivity (Wildman–Crippen MR) is 99.4 cm³/mol. The van der Waals surface area contributed by atoms with Gasteiger partial charge in [-0.3, -0.25) is 0 Å². The van der Waals surface area contributed by atoms with E-state index in [2.05, 4.69) is 6.92 Å². The first-order valence-corrected chi connectivity index (χ1v) is 9.63. The van der Waals surface area contributed by atoms with Gasteiger partial charge in [0.15, 0.2) is 0 Å². The third-order valence-corrected chi connectivity index (χ3v) is 4.32. The molecule has 1 heterocycles. The largest absolute Gasteiger partial charge is 0.463 e. The molecule has 1 aliphatic rings. The molecule has 25 heavy (non-hydrogen) atoms. The number of ether oxygens (including phenoxy) is 2. The van der Waals surface area contributed by atoms with Crippen LogP contribution in [0.4, 0.5) is 4.79 Å². The second kappa shape index (κ2) is 10.5. The Kier molecular flexibility index (Phi) is 9.01. The van der Waals surface area contributed by atoms with Gasteiger partial charge < -0.3 is 14.4 Å². The normalized spacial score (nSPS) is 20.9. The average molecular weight is 354 g/mol. The number of carbonyl (C=O) groups excluding carboxylic acids is 2. The molecule has 0 aromatic heterocycles. The van der Waals surface area contributed by atoms with Crippen LogP contribution < -0.4 is 0 Å². The Balaban J connectivity index is 2.65. The zero-order valence-corrected chi connectivity index (χ0v) is 16.5. The maximum Gasteiger partial charge on any atom is 0.410 e. The van der Waals surface area contributed by atoms with Gasteiger partial charge in [0.1, 0.15) is 5.60 Å². The highest BCUT2D eigenvalue weighted by Crippen LogP contribution is 2.32. The van der Waals surface area contributed by atoms with Gasteiger partial charge in [-0.15, -0.1) is 0 Å². The molecule has 0 spiro atoms. The van der Waals surface area contributed by atoms with Gasteiger partial charge in [-0.05, 0) is 59.8 Å². The number of nitrogens with zero attached hydrogens (tertiary/aromatic N) is 1. The third kappa shape index (κ3) is 7.93. The molecule has 2 atom stereocenters. The highest BCUT2D eigenvalue weighted by atomic mass is 16.6. The van der Waals surface area contributed by atoms with Crippen molar-refractivity contribution < 1.29 is 19.1 Å². The smallest absolute Gasteiger partial charge is 0.410 e. The van der Waals surface area contributed by atoms with E-state index in [4.69, 9.17) is 9.47 Å². The van der Waals surface area contributed by atoms with Crippen LogP contribution in [0.1, 0.15) is 79.6 Å². The Hall–Kier alpha value is -1.52. The number of likely N-dealkylation sites (tertiary alicyclic amines) is 1. The standard InChI is InChI=1S/C20H35NO4/c1-6-8-11-16-14-15-17(12-9-10-13-18(22)24-7-2)21(16)19(23)25-20(3,4)5/h10,13,16-17H,6-9,11-12,14-15H2,1-5H3/b13-10+/t16-,17+/m1/s1. The fraction of sp³-hybridized carbons (Fsp3) is 0.800. The topological polar surface area (TPSA) is 55.8 Å². The van der Waals surface area contributed by atoms with Crippen LogP contribution in [0.3, 0.4) is 0 Å². The van der Waals surface area contributed by atoms with E-state index in [0.29, 0.717) is 6.61 Å². The summed E-state index contributed by atoms with van der Waals surface area (Å²) >= 11 is 0. The molecule has 0 N–H and O–H groups in total. The van der Waals surface area contributed by atoms with Crippen LogP contribution in [-0.2, 0) is 14.3 Å². The Bertz CT molecular complexity index is 453. The van der Waals surface area contributed by atoms with Gasteiger partial charge in [0.2, 0.25) is 0 Å². The van der Waals surface area contributed by atoms with Crippen LogP contribution in [0, 0.1) is 0 Å². The van der Waals surface area contributed by atoms with Crippen LogP contribution in [0.2, 0.25) is 0 Å². The summed E-state index contributed by atoms with van der Waals surface area (Å²) in [5.41, 5.74) is -0.483. The summed E-state index contributed by atoms with van der Waals surface area (Å²) in [6.45, 7) is 10.1. The number of hydrogen-bond donors (Lipinski definition) is 0. The molecule has 1 fully saturated rings. The molecule has 5 heteroatoms. The number of rotatable bonds is 8. The zero-order chi connectivity index (χ0) is 18.9. The highest BCUT2D eigenvalue weighted by molar-refractivity contribution is 5.81. The first-order chi connectivity index (χ1) is 11.8. The van der Waals surface area contributed by atoms with Crippen molar-refractivity contribution >= 4 is 12.1 Å². The molecule has 5 nitrogen and oxygen atoms in total.